The van der Waals surface area contributed by atoms with Crippen molar-refractivity contribution in [3.63, 3.8) is 0 Å². The molecular weight excluding hydrogens is 476 g/mol. The van der Waals surface area contributed by atoms with E-state index >= 15 is 0 Å². The molecule has 1 unspecified atom stereocenters. The van der Waals surface area contributed by atoms with Gasteiger partial charge >= 0.3 is 6.01 Å². The van der Waals surface area contributed by atoms with E-state index in [-0.39, 0.29) is 0 Å². The lowest BCUT2D eigenvalue weighted by molar-refractivity contribution is 0.231. The van der Waals surface area contributed by atoms with Gasteiger partial charge in [0.15, 0.2) is 0 Å². The smallest absolute Gasteiger partial charge is 0.318 e. The highest BCUT2D eigenvalue weighted by atomic mass is 32.2. The third-order valence-electron chi connectivity index (χ3n) is 6.36. The number of rotatable bonds is 19. The molecule has 1 atom stereocenters. The number of allylic oxidation sites excluding steroid dienone is 4. The van der Waals surface area contributed by atoms with E-state index in [0.717, 1.165) is 28.2 Å². The van der Waals surface area contributed by atoms with E-state index in [9.17, 15) is 0 Å². The summed E-state index contributed by atoms with van der Waals surface area (Å²) >= 11 is 1.68. The molecule has 0 amide bonds. The van der Waals surface area contributed by atoms with E-state index in [4.69, 9.17) is 4.74 Å². The Morgan fingerprint density at radius 1 is 0.919 bits per heavy atom. The fourth-order valence-corrected chi connectivity index (χ4v) is 5.05. The number of aromatic nitrogens is 4. The minimum atomic E-state index is 0.443. The molecule has 0 aliphatic rings. The number of nitrogens with zero attached hydrogens (tertiary/aromatic N) is 3. The SMILES string of the molecule is CCCCC/C=C\C/C=C\CCCCCCC(C)COc1nc(SCc2ccccc2)c2[nH]ncc2n1. The van der Waals surface area contributed by atoms with Crippen molar-refractivity contribution in [3.05, 3.63) is 66.4 Å². The van der Waals surface area contributed by atoms with Crippen LogP contribution in [0, 0.1) is 5.92 Å². The second-order valence-electron chi connectivity index (χ2n) is 9.80. The van der Waals surface area contributed by atoms with Crippen LogP contribution in [0.3, 0.4) is 0 Å². The first-order valence-electron chi connectivity index (χ1n) is 14.1. The van der Waals surface area contributed by atoms with Crippen molar-refractivity contribution in [1.29, 1.82) is 0 Å². The molecule has 0 spiro atoms. The summed E-state index contributed by atoms with van der Waals surface area (Å²) < 4.78 is 6.02. The first kappa shape index (κ1) is 29.0. The molecule has 0 aliphatic carbocycles. The molecule has 1 aromatic carbocycles. The molecule has 6 heteroatoms. The van der Waals surface area contributed by atoms with Gasteiger partial charge in [-0.2, -0.15) is 15.1 Å². The van der Waals surface area contributed by atoms with Crippen molar-refractivity contribution in [2.24, 2.45) is 5.92 Å². The number of fused-ring (bicyclic) bond motifs is 1. The van der Waals surface area contributed by atoms with Crippen LogP contribution in [0.5, 0.6) is 6.01 Å². The Balaban J connectivity index is 1.29. The van der Waals surface area contributed by atoms with Crippen LogP contribution >= 0.6 is 11.8 Å². The van der Waals surface area contributed by atoms with Gasteiger partial charge in [0.05, 0.1) is 12.8 Å². The van der Waals surface area contributed by atoms with Crippen molar-refractivity contribution in [1.82, 2.24) is 20.2 Å². The molecule has 0 saturated heterocycles. The molecule has 2 aromatic heterocycles. The van der Waals surface area contributed by atoms with Crippen LogP contribution in [-0.2, 0) is 5.75 Å². The summed E-state index contributed by atoms with van der Waals surface area (Å²) in [7, 11) is 0. The molecule has 0 radical (unpaired) electrons. The topological polar surface area (TPSA) is 63.7 Å². The number of benzene rings is 1. The molecule has 3 rings (SSSR count). The van der Waals surface area contributed by atoms with Gasteiger partial charge in [-0.05, 0) is 50.0 Å². The zero-order valence-electron chi connectivity index (χ0n) is 22.7. The first-order valence-corrected chi connectivity index (χ1v) is 15.1. The number of unbranched alkanes of at least 4 members (excludes halogenated alkanes) is 7. The monoisotopic (exact) mass is 520 g/mol. The standard InChI is InChI=1S/C31H44N4OS/c1-3-4-5-6-7-8-9-10-11-12-13-14-15-17-20-26(2)24-36-31-33-28-23-32-35-29(28)30(34-31)37-25-27-21-18-16-19-22-27/h7-8,10-11,16,18-19,21-23,26H,3-6,9,12-15,17,20,24-25H2,1-2H3,(H,32,35)/b8-7-,11-10-. The summed E-state index contributed by atoms with van der Waals surface area (Å²) in [6, 6.07) is 10.9. The second-order valence-corrected chi connectivity index (χ2v) is 10.8. The normalized spacial score (nSPS) is 12.7. The van der Waals surface area contributed by atoms with E-state index < -0.39 is 0 Å². The maximum Gasteiger partial charge on any atom is 0.318 e. The van der Waals surface area contributed by atoms with E-state index in [1.165, 1.54) is 69.8 Å². The molecular formula is C31H44N4OS. The molecule has 0 saturated carbocycles. The van der Waals surface area contributed by atoms with Crippen molar-refractivity contribution in [3.8, 4) is 6.01 Å². The van der Waals surface area contributed by atoms with Crippen molar-refractivity contribution < 1.29 is 4.74 Å². The Kier molecular flexibility index (Phi) is 13.9. The number of hydrogen-bond acceptors (Lipinski definition) is 5. The number of hydrogen-bond donors (Lipinski definition) is 1. The maximum atomic E-state index is 6.02. The predicted molar refractivity (Wildman–Crippen MR) is 157 cm³/mol. The van der Waals surface area contributed by atoms with Gasteiger partial charge in [0.25, 0.3) is 0 Å². The minimum absolute atomic E-state index is 0.443. The number of thioether (sulfide) groups is 1. The highest BCUT2D eigenvalue weighted by Crippen LogP contribution is 2.28. The number of nitrogens with one attached hydrogen (secondary N) is 1. The molecule has 5 nitrogen and oxygen atoms in total. The fourth-order valence-electron chi connectivity index (χ4n) is 4.12. The van der Waals surface area contributed by atoms with Gasteiger partial charge in [0, 0.05) is 5.75 Å². The average Bonchev–Trinajstić information content (AvgIpc) is 3.40. The van der Waals surface area contributed by atoms with Gasteiger partial charge in [-0.1, -0.05) is 112 Å². The molecule has 0 aliphatic heterocycles. The minimum Gasteiger partial charge on any atom is -0.463 e. The fraction of sp³-hybridized carbons (Fsp3) is 0.516. The van der Waals surface area contributed by atoms with Crippen LogP contribution in [-0.4, -0.2) is 26.8 Å². The highest BCUT2D eigenvalue weighted by Gasteiger charge is 2.13. The van der Waals surface area contributed by atoms with Crippen LogP contribution in [0.25, 0.3) is 11.0 Å². The van der Waals surface area contributed by atoms with E-state index in [2.05, 4.69) is 82.6 Å². The summed E-state index contributed by atoms with van der Waals surface area (Å²) in [5, 5.41) is 8.06. The van der Waals surface area contributed by atoms with Gasteiger partial charge in [-0.15, -0.1) is 0 Å². The van der Waals surface area contributed by atoms with Crippen molar-refractivity contribution in [2.45, 2.75) is 95.3 Å². The second kappa shape index (κ2) is 17.8. The Morgan fingerprint density at radius 2 is 1.68 bits per heavy atom. The number of ether oxygens (including phenoxy) is 1. The largest absolute Gasteiger partial charge is 0.463 e. The summed E-state index contributed by atoms with van der Waals surface area (Å²) in [5.74, 6) is 1.32. The summed E-state index contributed by atoms with van der Waals surface area (Å²) in [6.45, 7) is 5.14. The lowest BCUT2D eigenvalue weighted by Crippen LogP contribution is -2.10. The quantitative estimate of drug-likeness (QED) is 0.0739. The predicted octanol–water partition coefficient (Wildman–Crippen LogP) is 9.08. The van der Waals surface area contributed by atoms with Gasteiger partial charge in [-0.3, -0.25) is 5.10 Å². The zero-order chi connectivity index (χ0) is 26.0. The molecule has 200 valence electrons. The van der Waals surface area contributed by atoms with E-state index in [0.29, 0.717) is 18.5 Å². The Labute approximate surface area is 227 Å². The van der Waals surface area contributed by atoms with Gasteiger partial charge in [-0.25, -0.2) is 0 Å². The Morgan fingerprint density at radius 3 is 2.46 bits per heavy atom. The van der Waals surface area contributed by atoms with Gasteiger partial charge in [0.2, 0.25) is 0 Å². The summed E-state index contributed by atoms with van der Waals surface area (Å²) in [6.07, 6.45) is 24.8. The van der Waals surface area contributed by atoms with E-state index in [1.807, 2.05) is 6.07 Å². The maximum absolute atomic E-state index is 6.02. The van der Waals surface area contributed by atoms with Gasteiger partial charge in [0.1, 0.15) is 16.1 Å². The lowest BCUT2D eigenvalue weighted by atomic mass is 10.0. The summed E-state index contributed by atoms with van der Waals surface area (Å²) in [4.78, 5) is 9.23. The molecule has 3 aromatic rings. The zero-order valence-corrected chi connectivity index (χ0v) is 23.5. The van der Waals surface area contributed by atoms with Crippen molar-refractivity contribution in [2.75, 3.05) is 6.61 Å². The Hall–Kier alpha value is -2.60. The molecule has 0 bridgehead atoms. The third kappa shape index (κ3) is 11.5. The van der Waals surface area contributed by atoms with E-state index in [1.54, 1.807) is 18.0 Å². The van der Waals surface area contributed by atoms with Crippen LogP contribution in [0.2, 0.25) is 0 Å². The van der Waals surface area contributed by atoms with Crippen LogP contribution < -0.4 is 4.74 Å². The summed E-state index contributed by atoms with van der Waals surface area (Å²) in [5.41, 5.74) is 2.93. The van der Waals surface area contributed by atoms with Gasteiger partial charge < -0.3 is 4.74 Å². The average molecular weight is 521 g/mol. The molecule has 1 N–H and O–H groups in total. The molecule has 2 heterocycles. The lowest BCUT2D eigenvalue weighted by Gasteiger charge is -2.12. The van der Waals surface area contributed by atoms with Crippen LogP contribution in [0.1, 0.15) is 90.0 Å². The number of aromatic amines is 1. The molecule has 0 fully saturated rings. The first-order chi connectivity index (χ1) is 18.3. The highest BCUT2D eigenvalue weighted by molar-refractivity contribution is 7.98. The molecule has 37 heavy (non-hydrogen) atoms. The Bertz CT molecular complexity index is 1060. The third-order valence-corrected chi connectivity index (χ3v) is 7.41. The number of H-pyrrole nitrogens is 1. The van der Waals surface area contributed by atoms with Crippen molar-refractivity contribution >= 4 is 22.8 Å². The van der Waals surface area contributed by atoms with Crippen LogP contribution in [0.15, 0.2) is 65.9 Å². The van der Waals surface area contributed by atoms with Crippen LogP contribution in [0.4, 0.5) is 0 Å².